The van der Waals surface area contributed by atoms with Gasteiger partial charge in [-0.05, 0) is 64.7 Å². The molecule has 1 unspecified atom stereocenters. The SMILES string of the molecule is CCc1noc(C)c1C(=O)N1CCCC12CN(c1cccc(F)c1)C(C)(C)C2. The predicted molar refractivity (Wildman–Crippen MR) is 106 cm³/mol. The first kappa shape index (κ1) is 19.0. The molecule has 0 N–H and O–H groups in total. The summed E-state index contributed by atoms with van der Waals surface area (Å²) in [5.74, 6) is 0.370. The van der Waals surface area contributed by atoms with Crippen molar-refractivity contribution in [2.75, 3.05) is 18.0 Å². The van der Waals surface area contributed by atoms with Crippen LogP contribution in [0.25, 0.3) is 0 Å². The third-order valence-corrected chi connectivity index (χ3v) is 6.39. The maximum Gasteiger partial charge on any atom is 0.259 e. The van der Waals surface area contributed by atoms with Gasteiger partial charge in [-0.15, -0.1) is 0 Å². The highest BCUT2D eigenvalue weighted by Crippen LogP contribution is 2.47. The summed E-state index contributed by atoms with van der Waals surface area (Å²) >= 11 is 0. The number of likely N-dealkylation sites (tertiary alicyclic amines) is 1. The first-order chi connectivity index (χ1) is 13.3. The van der Waals surface area contributed by atoms with Gasteiger partial charge in [0.15, 0.2) is 0 Å². The Labute approximate surface area is 165 Å². The zero-order valence-corrected chi connectivity index (χ0v) is 17.1. The van der Waals surface area contributed by atoms with Crippen molar-refractivity contribution in [3.8, 4) is 0 Å². The summed E-state index contributed by atoms with van der Waals surface area (Å²) < 4.78 is 19.2. The van der Waals surface area contributed by atoms with Crippen LogP contribution in [-0.4, -0.2) is 40.1 Å². The van der Waals surface area contributed by atoms with Crippen molar-refractivity contribution in [3.05, 3.63) is 47.1 Å². The quantitative estimate of drug-likeness (QED) is 0.788. The fourth-order valence-corrected chi connectivity index (χ4v) is 5.22. The molecule has 2 fully saturated rings. The topological polar surface area (TPSA) is 49.6 Å². The molecule has 0 radical (unpaired) electrons. The second-order valence-electron chi connectivity index (χ2n) is 8.75. The summed E-state index contributed by atoms with van der Waals surface area (Å²) in [5.41, 5.74) is 1.79. The Morgan fingerprint density at radius 3 is 2.86 bits per heavy atom. The van der Waals surface area contributed by atoms with Crippen molar-refractivity contribution >= 4 is 11.6 Å². The van der Waals surface area contributed by atoms with E-state index in [1.165, 1.54) is 6.07 Å². The standard InChI is InChI=1S/C22H28FN3O2/c1-5-18-19(15(2)28-24-18)20(27)25-11-7-10-22(25)13-21(3,4)26(14-22)17-9-6-8-16(23)12-17/h6,8-9,12H,5,7,10-11,13-14H2,1-4H3. The van der Waals surface area contributed by atoms with E-state index in [0.717, 1.165) is 37.2 Å². The Balaban J connectivity index is 1.69. The molecule has 5 nitrogen and oxygen atoms in total. The van der Waals surface area contributed by atoms with Gasteiger partial charge in [0.05, 0.1) is 11.2 Å². The monoisotopic (exact) mass is 385 g/mol. The number of rotatable bonds is 3. The Bertz CT molecular complexity index is 907. The fourth-order valence-electron chi connectivity index (χ4n) is 5.22. The summed E-state index contributed by atoms with van der Waals surface area (Å²) in [7, 11) is 0. The van der Waals surface area contributed by atoms with E-state index >= 15 is 0 Å². The molecule has 1 atom stereocenters. The number of amides is 1. The minimum atomic E-state index is -0.248. The van der Waals surface area contributed by atoms with Crippen LogP contribution < -0.4 is 4.90 Å². The largest absolute Gasteiger partial charge is 0.364 e. The van der Waals surface area contributed by atoms with Gasteiger partial charge in [-0.3, -0.25) is 4.79 Å². The van der Waals surface area contributed by atoms with Crippen LogP contribution in [0.15, 0.2) is 28.8 Å². The molecule has 2 aliphatic rings. The van der Waals surface area contributed by atoms with Crippen LogP contribution in [0, 0.1) is 12.7 Å². The van der Waals surface area contributed by atoms with Gasteiger partial charge >= 0.3 is 0 Å². The highest BCUT2D eigenvalue weighted by molar-refractivity contribution is 5.97. The molecule has 28 heavy (non-hydrogen) atoms. The summed E-state index contributed by atoms with van der Waals surface area (Å²) in [5, 5.41) is 4.07. The summed E-state index contributed by atoms with van der Waals surface area (Å²) in [6, 6.07) is 6.75. The van der Waals surface area contributed by atoms with E-state index in [4.69, 9.17) is 4.52 Å². The first-order valence-corrected chi connectivity index (χ1v) is 10.1. The highest BCUT2D eigenvalue weighted by atomic mass is 19.1. The van der Waals surface area contributed by atoms with Crippen LogP contribution in [0.2, 0.25) is 0 Å². The second-order valence-corrected chi connectivity index (χ2v) is 8.75. The van der Waals surface area contributed by atoms with Crippen molar-refractivity contribution < 1.29 is 13.7 Å². The lowest BCUT2D eigenvalue weighted by Gasteiger charge is -2.35. The second kappa shape index (κ2) is 6.61. The zero-order chi connectivity index (χ0) is 20.1. The van der Waals surface area contributed by atoms with Gasteiger partial charge in [-0.2, -0.15) is 0 Å². The number of halogens is 1. The molecule has 2 aliphatic heterocycles. The third-order valence-electron chi connectivity index (χ3n) is 6.39. The minimum absolute atomic E-state index is 0.0185. The number of carbonyl (C=O) groups is 1. The number of nitrogens with zero attached hydrogens (tertiary/aromatic N) is 3. The molecule has 6 heteroatoms. The van der Waals surface area contributed by atoms with E-state index in [1.54, 1.807) is 19.1 Å². The van der Waals surface area contributed by atoms with Crippen LogP contribution in [0.4, 0.5) is 10.1 Å². The molecule has 4 rings (SSSR count). The molecular weight excluding hydrogens is 357 g/mol. The van der Waals surface area contributed by atoms with Gasteiger partial charge in [0.2, 0.25) is 0 Å². The van der Waals surface area contributed by atoms with Crippen molar-refractivity contribution in [2.24, 2.45) is 0 Å². The Morgan fingerprint density at radius 1 is 1.36 bits per heavy atom. The summed E-state index contributed by atoms with van der Waals surface area (Å²) in [4.78, 5) is 17.8. The first-order valence-electron chi connectivity index (χ1n) is 10.1. The number of aromatic nitrogens is 1. The Kier molecular flexibility index (Phi) is 4.47. The molecule has 150 valence electrons. The lowest BCUT2D eigenvalue weighted by molar-refractivity contribution is 0.0614. The Morgan fingerprint density at radius 2 is 2.14 bits per heavy atom. The van der Waals surface area contributed by atoms with Crippen LogP contribution >= 0.6 is 0 Å². The van der Waals surface area contributed by atoms with Crippen LogP contribution in [0.1, 0.15) is 61.8 Å². The van der Waals surface area contributed by atoms with E-state index in [1.807, 2.05) is 17.9 Å². The van der Waals surface area contributed by atoms with Crippen LogP contribution in [0.3, 0.4) is 0 Å². The maximum absolute atomic E-state index is 13.9. The van der Waals surface area contributed by atoms with Crippen molar-refractivity contribution in [1.29, 1.82) is 0 Å². The lowest BCUT2D eigenvalue weighted by Crippen LogP contribution is -2.49. The van der Waals surface area contributed by atoms with Crippen molar-refractivity contribution in [2.45, 2.75) is 64.5 Å². The minimum Gasteiger partial charge on any atom is -0.364 e. The number of benzene rings is 1. The van der Waals surface area contributed by atoms with Gasteiger partial charge in [-0.1, -0.05) is 18.1 Å². The number of carbonyl (C=O) groups excluding carboxylic acids is 1. The zero-order valence-electron chi connectivity index (χ0n) is 17.1. The van der Waals surface area contributed by atoms with E-state index in [0.29, 0.717) is 24.3 Å². The van der Waals surface area contributed by atoms with E-state index in [-0.39, 0.29) is 22.8 Å². The molecule has 1 spiro atoms. The average molecular weight is 385 g/mol. The summed E-state index contributed by atoms with van der Waals surface area (Å²) in [6.45, 7) is 9.59. The van der Waals surface area contributed by atoms with E-state index < -0.39 is 0 Å². The van der Waals surface area contributed by atoms with Gasteiger partial charge in [0.25, 0.3) is 5.91 Å². The molecule has 1 amide bonds. The molecule has 0 bridgehead atoms. The van der Waals surface area contributed by atoms with Crippen LogP contribution in [-0.2, 0) is 6.42 Å². The molecule has 2 aromatic rings. The smallest absolute Gasteiger partial charge is 0.259 e. The van der Waals surface area contributed by atoms with Crippen molar-refractivity contribution in [3.63, 3.8) is 0 Å². The lowest BCUT2D eigenvalue weighted by atomic mass is 9.87. The van der Waals surface area contributed by atoms with Gasteiger partial charge in [0.1, 0.15) is 17.1 Å². The number of hydrogen-bond donors (Lipinski definition) is 0. The number of anilines is 1. The molecule has 1 aromatic carbocycles. The third kappa shape index (κ3) is 2.90. The normalized spacial score (nSPS) is 23.8. The molecule has 1 aromatic heterocycles. The molecular formula is C22H28FN3O2. The van der Waals surface area contributed by atoms with Gasteiger partial charge in [0, 0.05) is 24.3 Å². The highest BCUT2D eigenvalue weighted by Gasteiger charge is 2.55. The average Bonchev–Trinajstić information content (AvgIpc) is 3.29. The fraction of sp³-hybridized carbons (Fsp3) is 0.545. The maximum atomic E-state index is 13.9. The predicted octanol–water partition coefficient (Wildman–Crippen LogP) is 4.35. The summed E-state index contributed by atoms with van der Waals surface area (Å²) in [6.07, 6.45) is 3.46. The van der Waals surface area contributed by atoms with Gasteiger partial charge < -0.3 is 14.3 Å². The van der Waals surface area contributed by atoms with E-state index in [2.05, 4.69) is 23.9 Å². The Hall–Kier alpha value is -2.37. The van der Waals surface area contributed by atoms with Crippen LogP contribution in [0.5, 0.6) is 0 Å². The van der Waals surface area contributed by atoms with Crippen molar-refractivity contribution in [1.82, 2.24) is 10.1 Å². The number of aryl methyl sites for hydroxylation is 2. The molecule has 0 aliphatic carbocycles. The molecule has 2 saturated heterocycles. The van der Waals surface area contributed by atoms with Gasteiger partial charge in [-0.25, -0.2) is 4.39 Å². The molecule has 0 saturated carbocycles. The van der Waals surface area contributed by atoms with E-state index in [9.17, 15) is 9.18 Å². The number of hydrogen-bond acceptors (Lipinski definition) is 4. The molecule has 3 heterocycles.